The molecule has 1 heterocycles. The first-order chi connectivity index (χ1) is 11.0. The van der Waals surface area contributed by atoms with Crippen molar-refractivity contribution in [3.8, 4) is 0 Å². The maximum Gasteiger partial charge on any atom is 0.326 e. The van der Waals surface area contributed by atoms with Crippen LogP contribution in [-0.4, -0.2) is 53.0 Å². The molecule has 2 unspecified atom stereocenters. The highest BCUT2D eigenvalue weighted by molar-refractivity contribution is 5.91. The van der Waals surface area contributed by atoms with Crippen LogP contribution in [0.4, 0.5) is 0 Å². The number of hydrogen-bond donors (Lipinski definition) is 3. The first-order valence-electron chi connectivity index (χ1n) is 7.59. The third-order valence-corrected chi connectivity index (χ3v) is 3.92. The molecule has 0 bridgehead atoms. The maximum atomic E-state index is 12.7. The Hall–Kier alpha value is -2.41. The van der Waals surface area contributed by atoms with E-state index < -0.39 is 24.0 Å². The fourth-order valence-electron chi connectivity index (χ4n) is 2.79. The molecule has 7 nitrogen and oxygen atoms in total. The van der Waals surface area contributed by atoms with E-state index in [0.29, 0.717) is 25.8 Å². The summed E-state index contributed by atoms with van der Waals surface area (Å²) in [7, 11) is 0. The highest BCUT2D eigenvalue weighted by Gasteiger charge is 2.37. The van der Waals surface area contributed by atoms with E-state index in [1.807, 2.05) is 30.3 Å². The normalized spacial score (nSPS) is 18.5. The number of aliphatic carboxylic acids is 1. The van der Waals surface area contributed by atoms with Gasteiger partial charge < -0.3 is 21.1 Å². The monoisotopic (exact) mass is 319 g/mol. The van der Waals surface area contributed by atoms with Gasteiger partial charge in [-0.2, -0.15) is 0 Å². The standard InChI is InChI=1S/C16H21N3O4/c17-10-14(20)18-12(9-11-5-2-1-3-6-11)15(21)19-8-4-7-13(19)16(22)23/h1-3,5-6,12-13H,4,7-10,17H2,(H,18,20)(H,22,23). The topological polar surface area (TPSA) is 113 Å². The Morgan fingerprint density at radius 1 is 1.30 bits per heavy atom. The summed E-state index contributed by atoms with van der Waals surface area (Å²) >= 11 is 0. The quantitative estimate of drug-likeness (QED) is 0.669. The first kappa shape index (κ1) is 17.0. The van der Waals surface area contributed by atoms with Gasteiger partial charge in [-0.1, -0.05) is 30.3 Å². The molecule has 0 radical (unpaired) electrons. The van der Waals surface area contributed by atoms with Gasteiger partial charge >= 0.3 is 5.97 Å². The number of carboxylic acid groups (broad SMARTS) is 1. The molecular formula is C16H21N3O4. The molecule has 1 aliphatic rings. The molecule has 0 aliphatic carbocycles. The Labute approximate surface area is 134 Å². The van der Waals surface area contributed by atoms with Crippen molar-refractivity contribution in [3.05, 3.63) is 35.9 Å². The van der Waals surface area contributed by atoms with Crippen molar-refractivity contribution in [1.82, 2.24) is 10.2 Å². The Kier molecular flexibility index (Phi) is 5.70. The third kappa shape index (κ3) is 4.29. The number of hydrogen-bond acceptors (Lipinski definition) is 4. The van der Waals surface area contributed by atoms with Crippen LogP contribution >= 0.6 is 0 Å². The van der Waals surface area contributed by atoms with Gasteiger partial charge in [0.1, 0.15) is 12.1 Å². The van der Waals surface area contributed by atoms with Crippen molar-refractivity contribution in [3.63, 3.8) is 0 Å². The molecule has 2 amide bonds. The van der Waals surface area contributed by atoms with Crippen LogP contribution in [0.25, 0.3) is 0 Å². The lowest BCUT2D eigenvalue weighted by atomic mass is 10.0. The Morgan fingerprint density at radius 3 is 2.61 bits per heavy atom. The second-order valence-electron chi connectivity index (χ2n) is 5.54. The van der Waals surface area contributed by atoms with Crippen LogP contribution in [0.5, 0.6) is 0 Å². The number of nitrogens with one attached hydrogen (secondary N) is 1. The molecule has 124 valence electrons. The molecule has 0 spiro atoms. The van der Waals surface area contributed by atoms with Gasteiger partial charge in [0.15, 0.2) is 0 Å². The minimum absolute atomic E-state index is 0.221. The molecule has 1 fully saturated rings. The highest BCUT2D eigenvalue weighted by Crippen LogP contribution is 2.19. The summed E-state index contributed by atoms with van der Waals surface area (Å²) in [4.78, 5) is 37.0. The van der Waals surface area contributed by atoms with Crippen LogP contribution in [0.1, 0.15) is 18.4 Å². The molecule has 4 N–H and O–H groups in total. The lowest BCUT2D eigenvalue weighted by molar-refractivity contribution is -0.149. The fourth-order valence-corrected chi connectivity index (χ4v) is 2.79. The van der Waals surface area contributed by atoms with Crippen molar-refractivity contribution < 1.29 is 19.5 Å². The number of nitrogens with zero attached hydrogens (tertiary/aromatic N) is 1. The van der Waals surface area contributed by atoms with Crippen molar-refractivity contribution in [2.24, 2.45) is 5.73 Å². The van der Waals surface area contributed by atoms with Gasteiger partial charge in [0, 0.05) is 13.0 Å². The molecule has 0 aromatic heterocycles. The summed E-state index contributed by atoms with van der Waals surface area (Å²) in [6.07, 6.45) is 1.38. The van der Waals surface area contributed by atoms with Gasteiger partial charge in [-0.3, -0.25) is 9.59 Å². The van der Waals surface area contributed by atoms with Gasteiger partial charge in [-0.25, -0.2) is 4.79 Å². The summed E-state index contributed by atoms with van der Waals surface area (Å²) < 4.78 is 0. The van der Waals surface area contributed by atoms with Gasteiger partial charge in [-0.15, -0.1) is 0 Å². The number of rotatable bonds is 6. The minimum Gasteiger partial charge on any atom is -0.480 e. The minimum atomic E-state index is -1.01. The fraction of sp³-hybridized carbons (Fsp3) is 0.438. The number of nitrogens with two attached hydrogens (primary N) is 1. The molecule has 23 heavy (non-hydrogen) atoms. The predicted octanol–water partition coefficient (Wildman–Crippen LogP) is -0.252. The van der Waals surface area contributed by atoms with Crippen molar-refractivity contribution in [2.75, 3.05) is 13.1 Å². The van der Waals surface area contributed by atoms with E-state index in [9.17, 15) is 19.5 Å². The van der Waals surface area contributed by atoms with Crippen molar-refractivity contribution in [2.45, 2.75) is 31.3 Å². The smallest absolute Gasteiger partial charge is 0.326 e. The number of amides is 2. The van der Waals surface area contributed by atoms with Crippen LogP contribution in [0.2, 0.25) is 0 Å². The number of carboxylic acids is 1. The summed E-state index contributed by atoms with van der Waals surface area (Å²) in [6, 6.07) is 7.62. The average Bonchev–Trinajstić information content (AvgIpc) is 3.04. The van der Waals surface area contributed by atoms with Crippen LogP contribution in [0.3, 0.4) is 0 Å². The van der Waals surface area contributed by atoms with Gasteiger partial charge in [0.2, 0.25) is 11.8 Å². The molecule has 7 heteroatoms. The lowest BCUT2D eigenvalue weighted by Gasteiger charge is -2.27. The molecule has 0 saturated carbocycles. The molecule has 1 aliphatic heterocycles. The molecule has 1 aromatic rings. The van der Waals surface area contributed by atoms with Gasteiger partial charge in [0.25, 0.3) is 0 Å². The van der Waals surface area contributed by atoms with E-state index in [-0.39, 0.29) is 12.5 Å². The zero-order valence-corrected chi connectivity index (χ0v) is 12.8. The second-order valence-corrected chi connectivity index (χ2v) is 5.54. The number of benzene rings is 1. The average molecular weight is 319 g/mol. The number of carbonyl (C=O) groups is 3. The van der Waals surface area contributed by atoms with E-state index >= 15 is 0 Å². The summed E-state index contributed by atoms with van der Waals surface area (Å²) in [5, 5.41) is 11.8. The third-order valence-electron chi connectivity index (χ3n) is 3.92. The molecule has 2 atom stereocenters. The second kappa shape index (κ2) is 7.73. The number of carbonyl (C=O) groups excluding carboxylic acids is 2. The van der Waals surface area contributed by atoms with E-state index in [1.54, 1.807) is 0 Å². The molecular weight excluding hydrogens is 298 g/mol. The largest absolute Gasteiger partial charge is 0.480 e. The van der Waals surface area contributed by atoms with Crippen LogP contribution in [-0.2, 0) is 20.8 Å². The molecule has 1 saturated heterocycles. The maximum absolute atomic E-state index is 12.7. The predicted molar refractivity (Wildman–Crippen MR) is 83.5 cm³/mol. The zero-order valence-electron chi connectivity index (χ0n) is 12.8. The number of likely N-dealkylation sites (tertiary alicyclic amines) is 1. The van der Waals surface area contributed by atoms with E-state index in [0.717, 1.165) is 5.56 Å². The van der Waals surface area contributed by atoms with Crippen LogP contribution < -0.4 is 11.1 Å². The Balaban J connectivity index is 2.16. The summed E-state index contributed by atoms with van der Waals surface area (Å²) in [6.45, 7) is 0.167. The molecule has 1 aromatic carbocycles. The summed E-state index contributed by atoms with van der Waals surface area (Å²) in [5.74, 6) is -1.83. The SMILES string of the molecule is NCC(=O)NC(Cc1ccccc1)C(=O)N1CCCC1C(=O)O. The Bertz CT molecular complexity index is 576. The van der Waals surface area contributed by atoms with E-state index in [4.69, 9.17) is 5.73 Å². The van der Waals surface area contributed by atoms with Crippen molar-refractivity contribution in [1.29, 1.82) is 0 Å². The van der Waals surface area contributed by atoms with Crippen molar-refractivity contribution >= 4 is 17.8 Å². The Morgan fingerprint density at radius 2 is 2.00 bits per heavy atom. The van der Waals surface area contributed by atoms with Gasteiger partial charge in [0.05, 0.1) is 6.54 Å². The highest BCUT2D eigenvalue weighted by atomic mass is 16.4. The van der Waals surface area contributed by atoms with Gasteiger partial charge in [-0.05, 0) is 18.4 Å². The van der Waals surface area contributed by atoms with Crippen LogP contribution in [0, 0.1) is 0 Å². The van der Waals surface area contributed by atoms with Crippen LogP contribution in [0.15, 0.2) is 30.3 Å². The zero-order chi connectivity index (χ0) is 16.8. The lowest BCUT2D eigenvalue weighted by Crippen LogP contribution is -2.53. The van der Waals surface area contributed by atoms with E-state index in [2.05, 4.69) is 5.32 Å². The van der Waals surface area contributed by atoms with E-state index in [1.165, 1.54) is 4.90 Å². The first-order valence-corrected chi connectivity index (χ1v) is 7.59. The summed E-state index contributed by atoms with van der Waals surface area (Å²) in [5.41, 5.74) is 6.20. The molecule has 2 rings (SSSR count).